The SMILES string of the molecule is CC(C)OC(=O)CS(=O)c1ccc(C(F)(F)F)cc1[N+](=O)[O-]. The number of esters is 1. The van der Waals surface area contributed by atoms with E-state index in [0.29, 0.717) is 12.1 Å². The lowest BCUT2D eigenvalue weighted by Crippen LogP contribution is -2.19. The van der Waals surface area contributed by atoms with Gasteiger partial charge in [-0.1, -0.05) is 0 Å². The van der Waals surface area contributed by atoms with Gasteiger partial charge in [0.25, 0.3) is 5.69 Å². The minimum absolute atomic E-state index is 0.293. The van der Waals surface area contributed by atoms with E-state index < -0.39 is 55.9 Å². The summed E-state index contributed by atoms with van der Waals surface area (Å²) in [5.41, 5.74) is -2.18. The molecule has 1 aromatic rings. The molecule has 10 heteroatoms. The van der Waals surface area contributed by atoms with Crippen molar-refractivity contribution in [3.05, 3.63) is 33.9 Å². The molecule has 0 radical (unpaired) electrons. The van der Waals surface area contributed by atoms with Gasteiger partial charge in [0, 0.05) is 6.07 Å². The molecule has 0 aliphatic rings. The van der Waals surface area contributed by atoms with Gasteiger partial charge in [0.1, 0.15) is 10.6 Å². The summed E-state index contributed by atoms with van der Waals surface area (Å²) in [4.78, 5) is 20.7. The molecule has 0 amide bonds. The summed E-state index contributed by atoms with van der Waals surface area (Å²) >= 11 is 0. The maximum atomic E-state index is 12.5. The first-order valence-corrected chi connectivity index (χ1v) is 7.27. The number of benzene rings is 1. The van der Waals surface area contributed by atoms with Crippen LogP contribution in [0.1, 0.15) is 19.4 Å². The van der Waals surface area contributed by atoms with Crippen LogP contribution in [0.15, 0.2) is 23.1 Å². The first-order valence-electron chi connectivity index (χ1n) is 5.96. The lowest BCUT2D eigenvalue weighted by Gasteiger charge is -2.10. The fraction of sp³-hybridized carbons (Fsp3) is 0.417. The zero-order valence-corrected chi connectivity index (χ0v) is 12.4. The van der Waals surface area contributed by atoms with Gasteiger partial charge in [-0.3, -0.25) is 19.1 Å². The van der Waals surface area contributed by atoms with E-state index in [1.807, 2.05) is 0 Å². The van der Waals surface area contributed by atoms with Crippen LogP contribution in [0.5, 0.6) is 0 Å². The largest absolute Gasteiger partial charge is 0.462 e. The molecule has 6 nitrogen and oxygen atoms in total. The van der Waals surface area contributed by atoms with Crippen LogP contribution >= 0.6 is 0 Å². The summed E-state index contributed by atoms with van der Waals surface area (Å²) in [5, 5.41) is 10.9. The number of rotatable bonds is 5. The fourth-order valence-corrected chi connectivity index (χ4v) is 2.53. The Balaban J connectivity index is 3.11. The Bertz CT molecular complexity index is 615. The van der Waals surface area contributed by atoms with E-state index in [1.165, 1.54) is 0 Å². The Labute approximate surface area is 125 Å². The van der Waals surface area contributed by atoms with Crippen molar-refractivity contribution >= 4 is 22.5 Å². The standard InChI is InChI=1S/C12H12F3NO5S/c1-7(2)21-11(17)6-22(20)10-4-3-8(12(13,14)15)5-9(10)16(18)19/h3-5,7H,6H2,1-2H3. The van der Waals surface area contributed by atoms with Gasteiger partial charge in [-0.05, 0) is 26.0 Å². The quantitative estimate of drug-likeness (QED) is 0.468. The van der Waals surface area contributed by atoms with Crippen LogP contribution in [-0.2, 0) is 26.5 Å². The Morgan fingerprint density at radius 2 is 2.00 bits per heavy atom. The van der Waals surface area contributed by atoms with Gasteiger partial charge in [-0.2, -0.15) is 13.2 Å². The first kappa shape index (κ1) is 18.1. The van der Waals surface area contributed by atoms with Crippen LogP contribution < -0.4 is 0 Å². The number of nitro groups is 1. The summed E-state index contributed by atoms with van der Waals surface area (Å²) < 4.78 is 54.3. The maximum absolute atomic E-state index is 12.5. The van der Waals surface area contributed by atoms with Gasteiger partial charge < -0.3 is 4.74 Å². The van der Waals surface area contributed by atoms with Gasteiger partial charge in [0.15, 0.2) is 0 Å². The summed E-state index contributed by atoms with van der Waals surface area (Å²) in [7, 11) is -2.18. The number of hydrogen-bond acceptors (Lipinski definition) is 5. The Morgan fingerprint density at radius 1 is 1.41 bits per heavy atom. The molecule has 1 atom stereocenters. The lowest BCUT2D eigenvalue weighted by molar-refractivity contribution is -0.388. The van der Waals surface area contributed by atoms with Gasteiger partial charge >= 0.3 is 12.1 Å². The van der Waals surface area contributed by atoms with Crippen molar-refractivity contribution in [2.45, 2.75) is 31.0 Å². The lowest BCUT2D eigenvalue weighted by atomic mass is 10.2. The third kappa shape index (κ3) is 4.79. The number of halogens is 3. The van der Waals surface area contributed by atoms with E-state index in [1.54, 1.807) is 13.8 Å². The third-order valence-electron chi connectivity index (χ3n) is 2.34. The van der Waals surface area contributed by atoms with Crippen molar-refractivity contribution in [1.29, 1.82) is 0 Å². The molecule has 0 bridgehead atoms. The minimum atomic E-state index is -4.76. The van der Waals surface area contributed by atoms with Crippen molar-refractivity contribution in [2.75, 3.05) is 5.75 Å². The topological polar surface area (TPSA) is 86.5 Å². The summed E-state index contributed by atoms with van der Waals surface area (Å²) in [6, 6.07) is 1.61. The molecule has 1 rings (SSSR count). The van der Waals surface area contributed by atoms with Gasteiger partial charge in [-0.25, -0.2) is 0 Å². The highest BCUT2D eigenvalue weighted by molar-refractivity contribution is 7.85. The molecule has 0 N–H and O–H groups in total. The van der Waals surface area contributed by atoms with Crippen LogP contribution in [0.4, 0.5) is 18.9 Å². The number of nitrogens with zero attached hydrogens (tertiary/aromatic N) is 1. The third-order valence-corrected chi connectivity index (χ3v) is 3.68. The van der Waals surface area contributed by atoms with Crippen LogP contribution in [0, 0.1) is 10.1 Å². The van der Waals surface area contributed by atoms with Crippen molar-refractivity contribution < 1.29 is 31.8 Å². The number of nitro benzene ring substituents is 1. The monoisotopic (exact) mass is 339 g/mol. The number of hydrogen-bond donors (Lipinski definition) is 0. The van der Waals surface area contributed by atoms with Crippen molar-refractivity contribution in [2.24, 2.45) is 0 Å². The Morgan fingerprint density at radius 3 is 2.45 bits per heavy atom. The van der Waals surface area contributed by atoms with Crippen LogP contribution in [0.25, 0.3) is 0 Å². The Hall–Kier alpha value is -1.97. The molecular formula is C12H12F3NO5S. The average molecular weight is 339 g/mol. The molecule has 22 heavy (non-hydrogen) atoms. The molecule has 0 heterocycles. The number of ether oxygens (including phenoxy) is 1. The highest BCUT2D eigenvalue weighted by Crippen LogP contribution is 2.34. The molecule has 0 saturated carbocycles. The van der Waals surface area contributed by atoms with Crippen LogP contribution in [0.3, 0.4) is 0 Å². The number of carbonyl (C=O) groups is 1. The molecule has 1 unspecified atom stereocenters. The first-order chi connectivity index (χ1) is 10.0. The van der Waals surface area contributed by atoms with Crippen LogP contribution in [-0.4, -0.2) is 27.0 Å². The second-order valence-corrected chi connectivity index (χ2v) is 5.89. The summed E-state index contributed by atoms with van der Waals surface area (Å²) in [6.45, 7) is 3.11. The van der Waals surface area contributed by atoms with E-state index in [9.17, 15) is 32.3 Å². The van der Waals surface area contributed by atoms with Gasteiger partial charge in [-0.15, -0.1) is 0 Å². The molecular weight excluding hydrogens is 327 g/mol. The summed E-state index contributed by atoms with van der Waals surface area (Å²) in [5.74, 6) is -1.53. The zero-order chi connectivity index (χ0) is 17.1. The molecule has 0 saturated heterocycles. The van der Waals surface area contributed by atoms with E-state index in [-0.39, 0.29) is 0 Å². The van der Waals surface area contributed by atoms with E-state index in [0.717, 1.165) is 6.07 Å². The molecule has 0 spiro atoms. The zero-order valence-electron chi connectivity index (χ0n) is 11.5. The molecule has 1 aromatic carbocycles. The molecule has 0 aliphatic heterocycles. The van der Waals surface area contributed by atoms with E-state index in [2.05, 4.69) is 0 Å². The molecule has 122 valence electrons. The molecule has 0 aromatic heterocycles. The predicted molar refractivity (Wildman–Crippen MR) is 70.6 cm³/mol. The Kier molecular flexibility index (Phi) is 5.64. The highest BCUT2D eigenvalue weighted by Gasteiger charge is 2.34. The van der Waals surface area contributed by atoms with Gasteiger partial charge in [0.2, 0.25) is 0 Å². The average Bonchev–Trinajstić information content (AvgIpc) is 2.35. The predicted octanol–water partition coefficient (Wildman–Crippen LogP) is 2.67. The molecule has 0 aliphatic carbocycles. The van der Waals surface area contributed by atoms with Crippen molar-refractivity contribution in [1.82, 2.24) is 0 Å². The molecule has 0 fully saturated rings. The normalized spacial score (nSPS) is 13.0. The highest BCUT2D eigenvalue weighted by atomic mass is 32.2. The second-order valence-electron chi connectivity index (χ2n) is 4.47. The van der Waals surface area contributed by atoms with Gasteiger partial charge in [0.05, 0.1) is 27.4 Å². The second kappa shape index (κ2) is 6.86. The van der Waals surface area contributed by atoms with Crippen LogP contribution in [0.2, 0.25) is 0 Å². The number of alkyl halides is 3. The minimum Gasteiger partial charge on any atom is -0.462 e. The van der Waals surface area contributed by atoms with Crippen molar-refractivity contribution in [3.8, 4) is 0 Å². The fourth-order valence-electron chi connectivity index (χ4n) is 1.51. The van der Waals surface area contributed by atoms with E-state index in [4.69, 9.17) is 4.74 Å². The number of carbonyl (C=O) groups excluding carboxylic acids is 1. The van der Waals surface area contributed by atoms with Crippen molar-refractivity contribution in [3.63, 3.8) is 0 Å². The summed E-state index contributed by atoms with van der Waals surface area (Å²) in [6.07, 6.45) is -5.23. The van der Waals surface area contributed by atoms with E-state index >= 15 is 0 Å². The smallest absolute Gasteiger partial charge is 0.416 e. The maximum Gasteiger partial charge on any atom is 0.416 e.